The minimum atomic E-state index is -4.63. The van der Waals surface area contributed by atoms with Gasteiger partial charge < -0.3 is 14.8 Å². The molecule has 0 bridgehead atoms. The molecular weight excluding hydrogens is 493 g/mol. The monoisotopic (exact) mass is 514 g/mol. The third-order valence-corrected chi connectivity index (χ3v) is 5.98. The first-order valence-electron chi connectivity index (χ1n) is 10.2. The van der Waals surface area contributed by atoms with Crippen molar-refractivity contribution in [1.82, 2.24) is 14.5 Å². The molecule has 3 N–H and O–H groups in total. The van der Waals surface area contributed by atoms with Crippen molar-refractivity contribution in [3.8, 4) is 5.88 Å². The third-order valence-electron chi connectivity index (χ3n) is 5.51. The average Bonchev–Trinajstić information content (AvgIpc) is 2.71. The van der Waals surface area contributed by atoms with E-state index in [0.29, 0.717) is 12.3 Å². The molecule has 0 radical (unpaired) electrons. The molecule has 12 heteroatoms. The summed E-state index contributed by atoms with van der Waals surface area (Å²) in [5.74, 6) is -0.249. The predicted molar refractivity (Wildman–Crippen MR) is 113 cm³/mol. The molecule has 1 aliphatic carbocycles. The highest BCUT2D eigenvalue weighted by molar-refractivity contribution is 9.10. The number of nitrogens with zero attached hydrogens (tertiary/aromatic N) is 3. The van der Waals surface area contributed by atoms with E-state index in [0.717, 1.165) is 29.9 Å². The van der Waals surface area contributed by atoms with Gasteiger partial charge in [0.05, 0.1) is 13.2 Å². The molecule has 4 rings (SSSR count). The summed E-state index contributed by atoms with van der Waals surface area (Å²) in [7, 11) is 0. The van der Waals surface area contributed by atoms with Crippen LogP contribution in [0.25, 0.3) is 0 Å². The number of hydrogen-bond acceptors (Lipinski definition) is 7. The lowest BCUT2D eigenvalue weighted by Crippen LogP contribution is -2.39. The molecule has 1 aliphatic heterocycles. The largest absolute Gasteiger partial charge is 0.469 e. The standard InChI is InChI=1S/C20H22BrF3N6O2/c21-12-4-5-16(25)30(8-12)17(26)11-2-1-3-13(6-11)28-19-27-7-15(20(22,23)24)18(29-19)32-14-9-31-10-14/h4-5,7-8,11,13-14,25-26H,1-3,6,9-10H2,(H,27,28,29)/t11-,13+/m0/s1. The molecule has 2 aliphatic rings. The number of anilines is 1. The minimum absolute atomic E-state index is 0.0571. The average molecular weight is 515 g/mol. The lowest BCUT2D eigenvalue weighted by molar-refractivity contribution is -0.142. The lowest BCUT2D eigenvalue weighted by Gasteiger charge is -2.31. The number of pyridine rings is 1. The van der Waals surface area contributed by atoms with E-state index in [2.05, 4.69) is 31.2 Å². The highest BCUT2D eigenvalue weighted by Crippen LogP contribution is 2.36. The molecule has 172 valence electrons. The van der Waals surface area contributed by atoms with Gasteiger partial charge >= 0.3 is 6.18 Å². The van der Waals surface area contributed by atoms with E-state index >= 15 is 0 Å². The Morgan fingerprint density at radius 3 is 2.75 bits per heavy atom. The van der Waals surface area contributed by atoms with Crippen LogP contribution >= 0.6 is 15.9 Å². The summed E-state index contributed by atoms with van der Waals surface area (Å²) in [5.41, 5.74) is -0.812. The number of alkyl halides is 3. The molecule has 0 amide bonds. The Morgan fingerprint density at radius 2 is 2.06 bits per heavy atom. The highest BCUT2D eigenvalue weighted by atomic mass is 79.9. The fraction of sp³-hybridized carbons (Fsp3) is 0.500. The zero-order valence-corrected chi connectivity index (χ0v) is 18.5. The Morgan fingerprint density at radius 1 is 1.28 bits per heavy atom. The second-order valence-corrected chi connectivity index (χ2v) is 8.80. The van der Waals surface area contributed by atoms with Gasteiger partial charge in [0.2, 0.25) is 11.8 Å². The van der Waals surface area contributed by atoms with Crippen molar-refractivity contribution in [2.75, 3.05) is 18.5 Å². The summed E-state index contributed by atoms with van der Waals surface area (Å²) in [6, 6.07) is 3.24. The SMILES string of the molecule is N=C([C@H]1CCC[C@@H](Nc2ncc(C(F)(F)F)c(OC3COC3)n2)C1)n1cc(Br)ccc1=N. The summed E-state index contributed by atoms with van der Waals surface area (Å²) in [5, 5.41) is 19.7. The second-order valence-electron chi connectivity index (χ2n) is 7.88. The number of ether oxygens (including phenoxy) is 2. The summed E-state index contributed by atoms with van der Waals surface area (Å²) in [6.45, 7) is 0.448. The van der Waals surface area contributed by atoms with Crippen LogP contribution in [0.3, 0.4) is 0 Å². The van der Waals surface area contributed by atoms with Crippen molar-refractivity contribution < 1.29 is 22.6 Å². The maximum absolute atomic E-state index is 13.3. The van der Waals surface area contributed by atoms with Crippen LogP contribution in [0.15, 0.2) is 29.0 Å². The van der Waals surface area contributed by atoms with E-state index in [9.17, 15) is 13.2 Å². The quantitative estimate of drug-likeness (QED) is 0.415. The molecule has 2 fully saturated rings. The molecule has 2 aromatic heterocycles. The van der Waals surface area contributed by atoms with Crippen molar-refractivity contribution in [2.45, 2.75) is 44.0 Å². The van der Waals surface area contributed by atoms with Crippen molar-refractivity contribution in [1.29, 1.82) is 10.8 Å². The third kappa shape index (κ3) is 5.12. The minimum Gasteiger partial charge on any atom is -0.469 e. The van der Waals surface area contributed by atoms with Gasteiger partial charge in [0.25, 0.3) is 0 Å². The Hall–Kier alpha value is -2.47. The maximum Gasteiger partial charge on any atom is 0.423 e. The van der Waals surface area contributed by atoms with Crippen molar-refractivity contribution >= 4 is 27.7 Å². The van der Waals surface area contributed by atoms with Crippen LogP contribution in [-0.4, -0.2) is 45.7 Å². The zero-order valence-electron chi connectivity index (χ0n) is 17.0. The number of hydrogen-bond donors (Lipinski definition) is 3. The van der Waals surface area contributed by atoms with E-state index in [1.807, 2.05) is 0 Å². The molecule has 1 saturated carbocycles. The molecule has 1 saturated heterocycles. The number of aromatic nitrogens is 3. The van der Waals surface area contributed by atoms with Crippen molar-refractivity contribution in [3.05, 3.63) is 40.1 Å². The van der Waals surface area contributed by atoms with Crippen LogP contribution < -0.4 is 15.5 Å². The summed E-state index contributed by atoms with van der Waals surface area (Å²) in [4.78, 5) is 7.85. The summed E-state index contributed by atoms with van der Waals surface area (Å²) in [6.07, 6.45) is 0.311. The fourth-order valence-corrected chi connectivity index (χ4v) is 4.12. The van der Waals surface area contributed by atoms with Crippen LogP contribution in [0.2, 0.25) is 0 Å². The molecular formula is C20H22BrF3N6O2. The first kappa shape index (κ1) is 22.7. The predicted octanol–water partition coefficient (Wildman–Crippen LogP) is 3.81. The number of halogens is 4. The van der Waals surface area contributed by atoms with Gasteiger partial charge in [0.1, 0.15) is 23.0 Å². The van der Waals surface area contributed by atoms with Gasteiger partial charge in [-0.3, -0.25) is 15.4 Å². The fourth-order valence-electron chi connectivity index (χ4n) is 3.78. The van der Waals surface area contributed by atoms with Crippen LogP contribution in [0, 0.1) is 16.7 Å². The summed E-state index contributed by atoms with van der Waals surface area (Å²) >= 11 is 3.37. The number of nitrogens with one attached hydrogen (secondary N) is 3. The van der Waals surface area contributed by atoms with Crippen molar-refractivity contribution in [3.63, 3.8) is 0 Å². The van der Waals surface area contributed by atoms with Gasteiger partial charge in [0, 0.05) is 28.8 Å². The Bertz CT molecular complexity index is 1060. The molecule has 0 aromatic carbocycles. The van der Waals surface area contributed by atoms with E-state index in [4.69, 9.17) is 20.3 Å². The van der Waals surface area contributed by atoms with Crippen LogP contribution in [0.1, 0.15) is 31.2 Å². The van der Waals surface area contributed by atoms with Crippen LogP contribution in [0.5, 0.6) is 5.88 Å². The lowest BCUT2D eigenvalue weighted by atomic mass is 9.84. The van der Waals surface area contributed by atoms with Gasteiger partial charge in [-0.1, -0.05) is 6.42 Å². The molecule has 32 heavy (non-hydrogen) atoms. The molecule has 2 atom stereocenters. The molecule has 8 nitrogen and oxygen atoms in total. The van der Waals surface area contributed by atoms with Crippen LogP contribution in [0.4, 0.5) is 19.1 Å². The normalized spacial score (nSPS) is 21.6. The van der Waals surface area contributed by atoms with Gasteiger partial charge in [-0.2, -0.15) is 18.2 Å². The van der Waals surface area contributed by atoms with E-state index in [1.165, 1.54) is 4.57 Å². The van der Waals surface area contributed by atoms with E-state index in [-0.39, 0.29) is 36.6 Å². The van der Waals surface area contributed by atoms with E-state index in [1.54, 1.807) is 18.3 Å². The Balaban J connectivity index is 1.48. The molecule has 3 heterocycles. The van der Waals surface area contributed by atoms with E-state index < -0.39 is 23.7 Å². The maximum atomic E-state index is 13.3. The van der Waals surface area contributed by atoms with Gasteiger partial charge in [-0.15, -0.1) is 0 Å². The molecule has 0 unspecified atom stereocenters. The molecule has 0 spiro atoms. The first-order valence-corrected chi connectivity index (χ1v) is 11.0. The second kappa shape index (κ2) is 9.18. The highest BCUT2D eigenvalue weighted by Gasteiger charge is 2.38. The molecule has 2 aromatic rings. The smallest absolute Gasteiger partial charge is 0.423 e. The zero-order chi connectivity index (χ0) is 22.9. The van der Waals surface area contributed by atoms with Gasteiger partial charge in [-0.25, -0.2) is 4.98 Å². The van der Waals surface area contributed by atoms with Crippen LogP contribution in [-0.2, 0) is 10.9 Å². The Labute approximate surface area is 190 Å². The first-order chi connectivity index (χ1) is 15.2. The Kier molecular flexibility index (Phi) is 6.52. The number of rotatable bonds is 5. The van der Waals surface area contributed by atoms with Gasteiger partial charge in [-0.05, 0) is 47.3 Å². The topological polar surface area (TPSA) is 109 Å². The van der Waals surface area contributed by atoms with Gasteiger partial charge in [0.15, 0.2) is 0 Å². The van der Waals surface area contributed by atoms with Crippen molar-refractivity contribution in [2.24, 2.45) is 5.92 Å². The summed E-state index contributed by atoms with van der Waals surface area (Å²) < 4.78 is 52.6.